The van der Waals surface area contributed by atoms with Crippen molar-refractivity contribution in [2.75, 3.05) is 6.54 Å². The molecule has 0 bridgehead atoms. The molecule has 0 aliphatic carbocycles. The van der Waals surface area contributed by atoms with Gasteiger partial charge < -0.3 is 10.2 Å². The molecule has 1 N–H and O–H groups in total. The molecule has 1 saturated heterocycles. The van der Waals surface area contributed by atoms with E-state index in [1.54, 1.807) is 11.8 Å². The Morgan fingerprint density at radius 1 is 1.46 bits per heavy atom. The van der Waals surface area contributed by atoms with Gasteiger partial charge in [-0.25, -0.2) is 0 Å². The van der Waals surface area contributed by atoms with Crippen LogP contribution in [-0.4, -0.2) is 35.3 Å². The van der Waals surface area contributed by atoms with Crippen LogP contribution in [0.5, 0.6) is 0 Å². The van der Waals surface area contributed by atoms with E-state index < -0.39 is 0 Å². The molecule has 4 nitrogen and oxygen atoms in total. The molecule has 0 aromatic carbocycles. The van der Waals surface area contributed by atoms with Crippen LogP contribution in [0.15, 0.2) is 0 Å². The zero-order valence-electron chi connectivity index (χ0n) is 8.33. The molecule has 1 fully saturated rings. The monoisotopic (exact) mass is 184 g/mol. The standard InChI is InChI=1S/C9H16N2O2/c1-4-11-6(2)5-8(12)10-7(3)9(11)13/h6-7H,4-5H2,1-3H3,(H,10,12). The molecule has 0 saturated carbocycles. The average molecular weight is 184 g/mol. The Morgan fingerprint density at radius 3 is 2.62 bits per heavy atom. The number of hydrogen-bond acceptors (Lipinski definition) is 2. The second-order valence-electron chi connectivity index (χ2n) is 3.47. The number of carbonyl (C=O) groups is 2. The van der Waals surface area contributed by atoms with Crippen LogP contribution in [0.2, 0.25) is 0 Å². The first-order valence-corrected chi connectivity index (χ1v) is 4.66. The maximum Gasteiger partial charge on any atom is 0.245 e. The van der Waals surface area contributed by atoms with Gasteiger partial charge in [0.25, 0.3) is 0 Å². The van der Waals surface area contributed by atoms with Crippen LogP contribution >= 0.6 is 0 Å². The second-order valence-corrected chi connectivity index (χ2v) is 3.47. The van der Waals surface area contributed by atoms with Crippen molar-refractivity contribution in [2.45, 2.75) is 39.3 Å². The summed E-state index contributed by atoms with van der Waals surface area (Å²) in [7, 11) is 0. The van der Waals surface area contributed by atoms with Crippen LogP contribution in [0.25, 0.3) is 0 Å². The van der Waals surface area contributed by atoms with E-state index in [0.717, 1.165) is 0 Å². The van der Waals surface area contributed by atoms with E-state index in [1.807, 2.05) is 13.8 Å². The highest BCUT2D eigenvalue weighted by Gasteiger charge is 2.29. The minimum absolute atomic E-state index is 0.0147. The molecule has 0 spiro atoms. The lowest BCUT2D eigenvalue weighted by atomic mass is 10.2. The quantitative estimate of drug-likeness (QED) is 0.630. The highest BCUT2D eigenvalue weighted by Crippen LogP contribution is 2.10. The minimum Gasteiger partial charge on any atom is -0.345 e. The molecule has 0 aromatic heterocycles. The molecule has 2 unspecified atom stereocenters. The molecule has 1 heterocycles. The summed E-state index contributed by atoms with van der Waals surface area (Å²) in [5, 5.41) is 2.66. The topological polar surface area (TPSA) is 49.4 Å². The third-order valence-corrected chi connectivity index (χ3v) is 2.38. The number of amides is 2. The van der Waals surface area contributed by atoms with E-state index in [0.29, 0.717) is 13.0 Å². The largest absolute Gasteiger partial charge is 0.345 e. The molecule has 2 amide bonds. The van der Waals surface area contributed by atoms with Crippen molar-refractivity contribution < 1.29 is 9.59 Å². The molecule has 0 aromatic rings. The summed E-state index contributed by atoms with van der Waals surface area (Å²) in [6, 6.07) is -0.361. The van der Waals surface area contributed by atoms with Gasteiger partial charge in [0.05, 0.1) is 0 Å². The molecule has 1 aliphatic rings. The minimum atomic E-state index is -0.377. The Hall–Kier alpha value is -1.06. The molecule has 0 radical (unpaired) electrons. The van der Waals surface area contributed by atoms with Crippen LogP contribution in [0, 0.1) is 0 Å². The van der Waals surface area contributed by atoms with Crippen molar-refractivity contribution in [3.63, 3.8) is 0 Å². The molecule has 1 rings (SSSR count). The van der Waals surface area contributed by atoms with Crippen molar-refractivity contribution in [2.24, 2.45) is 0 Å². The predicted molar refractivity (Wildman–Crippen MR) is 49.1 cm³/mol. The van der Waals surface area contributed by atoms with Gasteiger partial charge in [0, 0.05) is 19.0 Å². The smallest absolute Gasteiger partial charge is 0.245 e. The van der Waals surface area contributed by atoms with Gasteiger partial charge in [-0.05, 0) is 20.8 Å². The SMILES string of the molecule is CCN1C(=O)C(C)NC(=O)CC1C. The van der Waals surface area contributed by atoms with E-state index in [2.05, 4.69) is 5.32 Å². The molecule has 74 valence electrons. The summed E-state index contributed by atoms with van der Waals surface area (Å²) in [6.45, 7) is 6.22. The zero-order valence-corrected chi connectivity index (χ0v) is 8.33. The normalized spacial score (nSPS) is 29.9. The molecule has 2 atom stereocenters. The second kappa shape index (κ2) is 3.77. The number of nitrogens with zero attached hydrogens (tertiary/aromatic N) is 1. The highest BCUT2D eigenvalue weighted by atomic mass is 16.2. The van der Waals surface area contributed by atoms with E-state index in [9.17, 15) is 9.59 Å². The van der Waals surface area contributed by atoms with Gasteiger partial charge in [0.2, 0.25) is 11.8 Å². The van der Waals surface area contributed by atoms with Crippen molar-refractivity contribution >= 4 is 11.8 Å². The highest BCUT2D eigenvalue weighted by molar-refractivity contribution is 5.90. The van der Waals surface area contributed by atoms with Gasteiger partial charge in [-0.1, -0.05) is 0 Å². The van der Waals surface area contributed by atoms with Gasteiger partial charge in [0.15, 0.2) is 0 Å². The predicted octanol–water partition coefficient (Wildman–Crippen LogP) is 0.132. The summed E-state index contributed by atoms with van der Waals surface area (Å²) < 4.78 is 0. The summed E-state index contributed by atoms with van der Waals surface area (Å²) in [5.74, 6) is -0.0230. The maximum atomic E-state index is 11.6. The van der Waals surface area contributed by atoms with Crippen LogP contribution in [0.3, 0.4) is 0 Å². The summed E-state index contributed by atoms with van der Waals surface area (Å²) in [6.07, 6.45) is 0.407. The fourth-order valence-corrected chi connectivity index (χ4v) is 1.67. The summed E-state index contributed by atoms with van der Waals surface area (Å²) in [4.78, 5) is 24.6. The van der Waals surface area contributed by atoms with E-state index in [1.165, 1.54) is 0 Å². The van der Waals surface area contributed by atoms with Crippen molar-refractivity contribution in [1.82, 2.24) is 10.2 Å². The first-order valence-electron chi connectivity index (χ1n) is 4.66. The molecular formula is C9H16N2O2. The number of nitrogens with one attached hydrogen (secondary N) is 1. The lowest BCUT2D eigenvalue weighted by Gasteiger charge is -2.26. The maximum absolute atomic E-state index is 11.6. The molecular weight excluding hydrogens is 168 g/mol. The Balaban J connectivity index is 2.83. The lowest BCUT2D eigenvalue weighted by molar-refractivity contribution is -0.134. The molecule has 1 aliphatic heterocycles. The Labute approximate surface area is 78.3 Å². The third-order valence-electron chi connectivity index (χ3n) is 2.38. The van der Waals surface area contributed by atoms with E-state index >= 15 is 0 Å². The average Bonchev–Trinajstić information content (AvgIpc) is 2.11. The number of rotatable bonds is 1. The summed E-state index contributed by atoms with van der Waals surface area (Å²) in [5.41, 5.74) is 0. The van der Waals surface area contributed by atoms with Gasteiger partial charge in [-0.2, -0.15) is 0 Å². The van der Waals surface area contributed by atoms with E-state index in [4.69, 9.17) is 0 Å². The zero-order chi connectivity index (χ0) is 10.0. The van der Waals surface area contributed by atoms with Gasteiger partial charge in [0.1, 0.15) is 6.04 Å². The Morgan fingerprint density at radius 2 is 2.08 bits per heavy atom. The van der Waals surface area contributed by atoms with Gasteiger partial charge >= 0.3 is 0 Å². The van der Waals surface area contributed by atoms with Crippen molar-refractivity contribution in [3.8, 4) is 0 Å². The molecule has 4 heteroatoms. The fourth-order valence-electron chi connectivity index (χ4n) is 1.67. The summed E-state index contributed by atoms with van der Waals surface area (Å²) >= 11 is 0. The lowest BCUT2D eigenvalue weighted by Crippen LogP contribution is -2.44. The Bertz CT molecular complexity index is 228. The first kappa shape index (κ1) is 10.0. The van der Waals surface area contributed by atoms with Crippen LogP contribution in [-0.2, 0) is 9.59 Å². The van der Waals surface area contributed by atoms with E-state index in [-0.39, 0.29) is 23.9 Å². The number of carbonyl (C=O) groups excluding carboxylic acids is 2. The number of hydrogen-bond donors (Lipinski definition) is 1. The van der Waals surface area contributed by atoms with Crippen LogP contribution in [0.4, 0.5) is 0 Å². The molecule has 13 heavy (non-hydrogen) atoms. The van der Waals surface area contributed by atoms with Gasteiger partial charge in [-0.3, -0.25) is 9.59 Å². The van der Waals surface area contributed by atoms with Crippen LogP contribution in [0.1, 0.15) is 27.2 Å². The van der Waals surface area contributed by atoms with Crippen molar-refractivity contribution in [1.29, 1.82) is 0 Å². The first-order chi connectivity index (χ1) is 6.06. The van der Waals surface area contributed by atoms with Gasteiger partial charge in [-0.15, -0.1) is 0 Å². The number of likely N-dealkylation sites (N-methyl/N-ethyl adjacent to an activating group) is 1. The third kappa shape index (κ3) is 1.99. The Kier molecular flexibility index (Phi) is 2.90. The van der Waals surface area contributed by atoms with Crippen LogP contribution < -0.4 is 5.32 Å². The van der Waals surface area contributed by atoms with Crippen molar-refractivity contribution in [3.05, 3.63) is 0 Å². The fraction of sp³-hybridized carbons (Fsp3) is 0.778.